The summed E-state index contributed by atoms with van der Waals surface area (Å²) in [6.07, 6.45) is 0.711. The van der Waals surface area contributed by atoms with Crippen LogP contribution in [0.5, 0.6) is 0 Å². The average molecular weight is 167 g/mol. The molecule has 1 fully saturated rings. The Bertz CT molecular complexity index is 212. The van der Waals surface area contributed by atoms with E-state index in [-0.39, 0.29) is 11.5 Å². The Kier molecular flexibility index (Phi) is 2.76. The molecular formula is C10H17NO. The van der Waals surface area contributed by atoms with Gasteiger partial charge in [-0.2, -0.15) is 0 Å². The quantitative estimate of drug-likeness (QED) is 0.595. The Hall–Kier alpha value is -0.520. The molecule has 2 N–H and O–H groups in total. The van der Waals surface area contributed by atoms with Gasteiger partial charge in [0.05, 0.1) is 12.6 Å². The van der Waals surface area contributed by atoms with Crippen molar-refractivity contribution in [3.63, 3.8) is 0 Å². The van der Waals surface area contributed by atoms with Gasteiger partial charge in [0.25, 0.3) is 0 Å². The van der Waals surface area contributed by atoms with Crippen molar-refractivity contribution in [3.05, 3.63) is 0 Å². The molecule has 2 atom stereocenters. The highest BCUT2D eigenvalue weighted by atomic mass is 16.3. The summed E-state index contributed by atoms with van der Waals surface area (Å²) in [6.45, 7) is 6.73. The maximum Gasteiger partial charge on any atom is 0.0621 e. The van der Waals surface area contributed by atoms with Crippen molar-refractivity contribution in [3.8, 4) is 11.8 Å². The second kappa shape index (κ2) is 3.47. The van der Waals surface area contributed by atoms with Gasteiger partial charge in [-0.1, -0.05) is 19.8 Å². The van der Waals surface area contributed by atoms with Gasteiger partial charge in [-0.25, -0.2) is 0 Å². The molecule has 1 rings (SSSR count). The van der Waals surface area contributed by atoms with E-state index in [9.17, 15) is 5.11 Å². The molecule has 2 heteroatoms. The largest absolute Gasteiger partial charge is 0.392 e. The van der Waals surface area contributed by atoms with Crippen LogP contribution in [0, 0.1) is 17.3 Å². The fourth-order valence-electron chi connectivity index (χ4n) is 1.51. The highest BCUT2D eigenvalue weighted by Gasteiger charge is 2.46. The highest BCUT2D eigenvalue weighted by molar-refractivity contribution is 5.05. The van der Waals surface area contributed by atoms with E-state index in [1.807, 2.05) is 6.92 Å². The second-order valence-electron chi connectivity index (χ2n) is 3.93. The molecule has 0 saturated heterocycles. The minimum Gasteiger partial charge on any atom is -0.392 e. The van der Waals surface area contributed by atoms with Crippen LogP contribution in [-0.4, -0.2) is 23.8 Å². The van der Waals surface area contributed by atoms with E-state index >= 15 is 0 Å². The lowest BCUT2D eigenvalue weighted by molar-refractivity contribution is -0.0710. The highest BCUT2D eigenvalue weighted by Crippen LogP contribution is 2.40. The Morgan fingerprint density at radius 2 is 2.25 bits per heavy atom. The third-order valence-electron chi connectivity index (χ3n) is 2.83. The SMILES string of the molecule is CC#CCNC1CC(O)C1(C)C. The van der Waals surface area contributed by atoms with E-state index in [0.29, 0.717) is 6.04 Å². The Labute approximate surface area is 74.4 Å². The number of aliphatic hydroxyl groups excluding tert-OH is 1. The zero-order valence-electron chi connectivity index (χ0n) is 8.02. The maximum absolute atomic E-state index is 9.43. The lowest BCUT2D eigenvalue weighted by Gasteiger charge is -2.49. The first kappa shape index (κ1) is 9.57. The number of hydrogen-bond acceptors (Lipinski definition) is 2. The molecule has 12 heavy (non-hydrogen) atoms. The first-order valence-electron chi connectivity index (χ1n) is 4.40. The van der Waals surface area contributed by atoms with Gasteiger partial charge in [0, 0.05) is 11.5 Å². The van der Waals surface area contributed by atoms with Gasteiger partial charge < -0.3 is 10.4 Å². The maximum atomic E-state index is 9.43. The van der Waals surface area contributed by atoms with Crippen LogP contribution in [0.25, 0.3) is 0 Å². The third-order valence-corrected chi connectivity index (χ3v) is 2.83. The van der Waals surface area contributed by atoms with Gasteiger partial charge in [-0.05, 0) is 13.3 Å². The van der Waals surface area contributed by atoms with Crippen molar-refractivity contribution in [2.24, 2.45) is 5.41 Å². The molecule has 0 heterocycles. The molecule has 1 saturated carbocycles. The molecule has 1 aliphatic carbocycles. The zero-order valence-corrected chi connectivity index (χ0v) is 8.02. The minimum absolute atomic E-state index is 0.0232. The topological polar surface area (TPSA) is 32.3 Å². The van der Waals surface area contributed by atoms with Crippen molar-refractivity contribution < 1.29 is 5.11 Å². The summed E-state index contributed by atoms with van der Waals surface area (Å²) in [4.78, 5) is 0. The third kappa shape index (κ3) is 1.63. The summed E-state index contributed by atoms with van der Waals surface area (Å²) in [6, 6.07) is 0.424. The fraction of sp³-hybridized carbons (Fsp3) is 0.800. The van der Waals surface area contributed by atoms with Crippen LogP contribution in [0.4, 0.5) is 0 Å². The summed E-state index contributed by atoms with van der Waals surface area (Å²) < 4.78 is 0. The van der Waals surface area contributed by atoms with Gasteiger partial charge in [-0.15, -0.1) is 5.92 Å². The molecule has 2 nitrogen and oxygen atoms in total. The molecular weight excluding hydrogens is 150 g/mol. The molecule has 0 spiro atoms. The van der Waals surface area contributed by atoms with Crippen molar-refractivity contribution >= 4 is 0 Å². The van der Waals surface area contributed by atoms with Crippen molar-refractivity contribution in [1.29, 1.82) is 0 Å². The predicted molar refractivity (Wildman–Crippen MR) is 49.6 cm³/mol. The Morgan fingerprint density at radius 3 is 2.67 bits per heavy atom. The van der Waals surface area contributed by atoms with Gasteiger partial charge in [0.15, 0.2) is 0 Å². The molecule has 0 aliphatic heterocycles. The van der Waals surface area contributed by atoms with Crippen LogP contribution in [0.3, 0.4) is 0 Å². The van der Waals surface area contributed by atoms with Crippen molar-refractivity contribution in [2.75, 3.05) is 6.54 Å². The van der Waals surface area contributed by atoms with E-state index < -0.39 is 0 Å². The van der Waals surface area contributed by atoms with Crippen molar-refractivity contribution in [1.82, 2.24) is 5.32 Å². The summed E-state index contributed by atoms with van der Waals surface area (Å²) in [5, 5.41) is 12.7. The van der Waals surface area contributed by atoms with Crippen LogP contribution in [-0.2, 0) is 0 Å². The van der Waals surface area contributed by atoms with Gasteiger partial charge in [-0.3, -0.25) is 0 Å². The number of nitrogens with one attached hydrogen (secondary N) is 1. The van der Waals surface area contributed by atoms with Gasteiger partial charge in [0.1, 0.15) is 0 Å². The van der Waals surface area contributed by atoms with E-state index in [1.54, 1.807) is 0 Å². The molecule has 0 aromatic carbocycles. The molecule has 1 aliphatic rings. The number of rotatable bonds is 2. The summed E-state index contributed by atoms with van der Waals surface area (Å²) in [5.41, 5.74) is 0.0232. The molecule has 68 valence electrons. The van der Waals surface area contributed by atoms with Crippen LogP contribution < -0.4 is 5.32 Å². The lowest BCUT2D eigenvalue weighted by Crippen LogP contribution is -2.59. The molecule has 2 unspecified atom stereocenters. The molecule has 0 aromatic rings. The smallest absolute Gasteiger partial charge is 0.0621 e. The average Bonchev–Trinajstić information content (AvgIpc) is 2.04. The fourth-order valence-corrected chi connectivity index (χ4v) is 1.51. The summed E-state index contributed by atoms with van der Waals surface area (Å²) >= 11 is 0. The van der Waals surface area contributed by atoms with E-state index in [4.69, 9.17) is 0 Å². The van der Waals surface area contributed by atoms with Crippen molar-refractivity contribution in [2.45, 2.75) is 39.3 Å². The van der Waals surface area contributed by atoms with E-state index in [1.165, 1.54) is 0 Å². The van der Waals surface area contributed by atoms with E-state index in [2.05, 4.69) is 31.0 Å². The Balaban J connectivity index is 2.31. The monoisotopic (exact) mass is 167 g/mol. The summed E-state index contributed by atoms with van der Waals surface area (Å²) in [7, 11) is 0. The van der Waals surface area contributed by atoms with Gasteiger partial charge >= 0.3 is 0 Å². The minimum atomic E-state index is -0.149. The molecule has 0 amide bonds. The normalized spacial score (nSPS) is 31.7. The summed E-state index contributed by atoms with van der Waals surface area (Å²) in [5.74, 6) is 5.79. The standard InChI is InChI=1S/C10H17NO/c1-4-5-6-11-8-7-9(12)10(8,2)3/h8-9,11-12H,6-7H2,1-3H3. The predicted octanol–water partition coefficient (Wildman–Crippen LogP) is 0.759. The molecule has 0 bridgehead atoms. The number of aliphatic hydroxyl groups is 1. The zero-order chi connectivity index (χ0) is 9.19. The number of hydrogen-bond donors (Lipinski definition) is 2. The van der Waals surface area contributed by atoms with Crippen LogP contribution in [0.15, 0.2) is 0 Å². The first-order chi connectivity index (χ1) is 5.59. The first-order valence-corrected chi connectivity index (χ1v) is 4.40. The van der Waals surface area contributed by atoms with Crippen LogP contribution in [0.2, 0.25) is 0 Å². The van der Waals surface area contributed by atoms with Crippen LogP contribution >= 0.6 is 0 Å². The second-order valence-corrected chi connectivity index (χ2v) is 3.93. The van der Waals surface area contributed by atoms with Crippen LogP contribution in [0.1, 0.15) is 27.2 Å². The lowest BCUT2D eigenvalue weighted by atomic mass is 9.64. The van der Waals surface area contributed by atoms with Gasteiger partial charge in [0.2, 0.25) is 0 Å². The molecule has 0 aromatic heterocycles. The van der Waals surface area contributed by atoms with E-state index in [0.717, 1.165) is 13.0 Å². The molecule has 0 radical (unpaired) electrons. The Morgan fingerprint density at radius 1 is 1.58 bits per heavy atom.